The molecule has 0 radical (unpaired) electrons. The lowest BCUT2D eigenvalue weighted by Crippen LogP contribution is -2.13. The number of hydrogen-bond donors (Lipinski definition) is 2. The van der Waals surface area contributed by atoms with Crippen LogP contribution in [0.1, 0.15) is 42.3 Å². The molecule has 0 saturated heterocycles. The minimum atomic E-state index is 0.595. The summed E-state index contributed by atoms with van der Waals surface area (Å²) in [6.07, 6.45) is 3.81. The van der Waals surface area contributed by atoms with Crippen LogP contribution in [0.25, 0.3) is 0 Å². The summed E-state index contributed by atoms with van der Waals surface area (Å²) in [7, 11) is 0. The molecule has 1 fully saturated rings. The molecule has 3 rings (SSSR count). The maximum atomic E-state index is 5.61. The predicted octanol–water partition coefficient (Wildman–Crippen LogP) is 2.70. The predicted molar refractivity (Wildman–Crippen MR) is 77.2 cm³/mol. The Hall–Kier alpha value is -1.69. The van der Waals surface area contributed by atoms with E-state index in [1.165, 1.54) is 36.3 Å². The zero-order chi connectivity index (χ0) is 13.2. The average molecular weight is 275 g/mol. The number of aromatic nitrogens is 3. The number of nitrogens with two attached hydrogens (primary N) is 1. The second kappa shape index (κ2) is 5.13. The summed E-state index contributed by atoms with van der Waals surface area (Å²) in [6.45, 7) is 2.62. The van der Waals surface area contributed by atoms with E-state index < -0.39 is 0 Å². The van der Waals surface area contributed by atoms with Gasteiger partial charge < -0.3 is 11.1 Å². The van der Waals surface area contributed by atoms with Crippen LogP contribution in [0.3, 0.4) is 0 Å². The monoisotopic (exact) mass is 275 g/mol. The van der Waals surface area contributed by atoms with Crippen LogP contribution < -0.4 is 11.1 Å². The lowest BCUT2D eigenvalue weighted by molar-refractivity contribution is 0.410. The molecule has 0 aromatic carbocycles. The van der Waals surface area contributed by atoms with Gasteiger partial charge in [-0.15, -0.1) is 11.3 Å². The topological polar surface area (TPSA) is 76.7 Å². The van der Waals surface area contributed by atoms with Gasteiger partial charge in [-0.3, -0.25) is 0 Å². The van der Waals surface area contributed by atoms with Crippen LogP contribution in [0.2, 0.25) is 0 Å². The standard InChI is InChI=1S/C13H17N5S/c1-8-5-11(9-3-2-4-9)18-13(16-8)15-6-10-7-19-12(14)17-10/h5,7,9H,2-4,6H2,1H3,(H2,14,17)(H,15,16,18). The first-order valence-corrected chi connectivity index (χ1v) is 7.38. The summed E-state index contributed by atoms with van der Waals surface area (Å²) >= 11 is 1.45. The smallest absolute Gasteiger partial charge is 0.223 e. The van der Waals surface area contributed by atoms with Gasteiger partial charge in [0.1, 0.15) is 0 Å². The third-order valence-electron chi connectivity index (χ3n) is 3.39. The fraction of sp³-hybridized carbons (Fsp3) is 0.462. The van der Waals surface area contributed by atoms with Crippen LogP contribution in [0.15, 0.2) is 11.4 Å². The number of rotatable bonds is 4. The van der Waals surface area contributed by atoms with Crippen LogP contribution in [0.4, 0.5) is 11.1 Å². The molecule has 1 saturated carbocycles. The molecule has 0 aliphatic heterocycles. The lowest BCUT2D eigenvalue weighted by Gasteiger charge is -2.25. The van der Waals surface area contributed by atoms with Crippen molar-refractivity contribution in [2.45, 2.75) is 38.6 Å². The van der Waals surface area contributed by atoms with Crippen LogP contribution in [0, 0.1) is 6.92 Å². The van der Waals surface area contributed by atoms with E-state index in [2.05, 4.69) is 26.3 Å². The molecule has 2 aromatic heterocycles. The van der Waals surface area contributed by atoms with Gasteiger partial charge in [0.05, 0.1) is 12.2 Å². The van der Waals surface area contributed by atoms with Crippen molar-refractivity contribution >= 4 is 22.4 Å². The van der Waals surface area contributed by atoms with Crippen LogP contribution in [-0.4, -0.2) is 15.0 Å². The molecule has 5 nitrogen and oxygen atoms in total. The Labute approximate surface area is 116 Å². The van der Waals surface area contributed by atoms with Crippen molar-refractivity contribution in [2.75, 3.05) is 11.1 Å². The van der Waals surface area contributed by atoms with E-state index in [-0.39, 0.29) is 0 Å². The zero-order valence-corrected chi connectivity index (χ0v) is 11.7. The fourth-order valence-corrected chi connectivity index (χ4v) is 2.72. The second-order valence-electron chi connectivity index (χ2n) is 4.92. The number of nitrogens with zero attached hydrogens (tertiary/aromatic N) is 3. The largest absolute Gasteiger partial charge is 0.375 e. The van der Waals surface area contributed by atoms with E-state index in [0.29, 0.717) is 23.5 Å². The molecule has 2 aromatic rings. The number of anilines is 2. The van der Waals surface area contributed by atoms with E-state index in [4.69, 9.17) is 5.73 Å². The first-order valence-electron chi connectivity index (χ1n) is 6.50. The van der Waals surface area contributed by atoms with Gasteiger partial charge in [0.15, 0.2) is 5.13 Å². The van der Waals surface area contributed by atoms with Crippen molar-refractivity contribution in [3.8, 4) is 0 Å². The minimum absolute atomic E-state index is 0.595. The van der Waals surface area contributed by atoms with Crippen LogP contribution in [0.5, 0.6) is 0 Å². The number of nitrogens with one attached hydrogen (secondary N) is 1. The Kier molecular flexibility index (Phi) is 3.33. The first kappa shape index (κ1) is 12.3. The molecular weight excluding hydrogens is 258 g/mol. The second-order valence-corrected chi connectivity index (χ2v) is 5.81. The van der Waals surface area contributed by atoms with E-state index in [9.17, 15) is 0 Å². The highest BCUT2D eigenvalue weighted by Crippen LogP contribution is 2.35. The highest BCUT2D eigenvalue weighted by Gasteiger charge is 2.21. The zero-order valence-electron chi connectivity index (χ0n) is 10.9. The SMILES string of the molecule is Cc1cc(C2CCC2)nc(NCc2csc(N)n2)n1. The summed E-state index contributed by atoms with van der Waals surface area (Å²) in [4.78, 5) is 13.2. The summed E-state index contributed by atoms with van der Waals surface area (Å²) < 4.78 is 0. The van der Waals surface area contributed by atoms with Crippen molar-refractivity contribution in [2.24, 2.45) is 0 Å². The Bertz CT molecular complexity index is 576. The quantitative estimate of drug-likeness (QED) is 0.897. The van der Waals surface area contributed by atoms with Gasteiger partial charge in [-0.05, 0) is 25.8 Å². The van der Waals surface area contributed by atoms with E-state index in [1.54, 1.807) is 0 Å². The molecular formula is C13H17N5S. The molecule has 1 aliphatic carbocycles. The average Bonchev–Trinajstić information content (AvgIpc) is 2.69. The molecule has 2 heterocycles. The third kappa shape index (κ3) is 2.84. The maximum absolute atomic E-state index is 5.61. The molecule has 0 unspecified atom stereocenters. The van der Waals surface area contributed by atoms with E-state index >= 15 is 0 Å². The maximum Gasteiger partial charge on any atom is 0.223 e. The molecule has 0 bridgehead atoms. The highest BCUT2D eigenvalue weighted by atomic mass is 32.1. The van der Waals surface area contributed by atoms with Gasteiger partial charge in [0.2, 0.25) is 5.95 Å². The number of aryl methyl sites for hydroxylation is 1. The fourth-order valence-electron chi connectivity index (χ4n) is 2.16. The Morgan fingerprint density at radius 1 is 1.37 bits per heavy atom. The van der Waals surface area contributed by atoms with Crippen LogP contribution in [-0.2, 0) is 6.54 Å². The molecule has 0 spiro atoms. The van der Waals surface area contributed by atoms with Crippen molar-refractivity contribution in [3.05, 3.63) is 28.5 Å². The Morgan fingerprint density at radius 2 is 2.21 bits per heavy atom. The highest BCUT2D eigenvalue weighted by molar-refractivity contribution is 7.13. The van der Waals surface area contributed by atoms with Gasteiger partial charge in [0.25, 0.3) is 0 Å². The number of thiazole rings is 1. The van der Waals surface area contributed by atoms with Gasteiger partial charge in [-0.1, -0.05) is 6.42 Å². The van der Waals surface area contributed by atoms with Crippen molar-refractivity contribution < 1.29 is 0 Å². The minimum Gasteiger partial charge on any atom is -0.375 e. The van der Waals surface area contributed by atoms with Gasteiger partial charge in [0, 0.05) is 22.7 Å². The Morgan fingerprint density at radius 3 is 2.84 bits per heavy atom. The normalized spacial score (nSPS) is 15.2. The molecule has 3 N–H and O–H groups in total. The van der Waals surface area contributed by atoms with E-state index in [1.807, 2.05) is 12.3 Å². The summed E-state index contributed by atoms with van der Waals surface area (Å²) in [5.74, 6) is 1.31. The van der Waals surface area contributed by atoms with Gasteiger partial charge >= 0.3 is 0 Å². The van der Waals surface area contributed by atoms with Crippen molar-refractivity contribution in [1.82, 2.24) is 15.0 Å². The lowest BCUT2D eigenvalue weighted by atomic mass is 9.83. The third-order valence-corrected chi connectivity index (χ3v) is 4.12. The van der Waals surface area contributed by atoms with Gasteiger partial charge in [-0.25, -0.2) is 15.0 Å². The summed E-state index contributed by atoms with van der Waals surface area (Å²) in [6, 6.07) is 2.09. The molecule has 100 valence electrons. The molecule has 0 amide bonds. The molecule has 6 heteroatoms. The summed E-state index contributed by atoms with van der Waals surface area (Å²) in [5.41, 5.74) is 8.72. The van der Waals surface area contributed by atoms with Crippen molar-refractivity contribution in [1.29, 1.82) is 0 Å². The number of hydrogen-bond acceptors (Lipinski definition) is 6. The summed E-state index contributed by atoms with van der Waals surface area (Å²) in [5, 5.41) is 5.77. The molecule has 19 heavy (non-hydrogen) atoms. The molecule has 0 atom stereocenters. The van der Waals surface area contributed by atoms with Crippen molar-refractivity contribution in [3.63, 3.8) is 0 Å². The van der Waals surface area contributed by atoms with E-state index in [0.717, 1.165) is 11.4 Å². The Balaban J connectivity index is 1.71. The number of nitrogen functional groups attached to an aromatic ring is 1. The van der Waals surface area contributed by atoms with Gasteiger partial charge in [-0.2, -0.15) is 0 Å². The molecule has 1 aliphatic rings. The first-order chi connectivity index (χ1) is 9.20. The van der Waals surface area contributed by atoms with Crippen LogP contribution >= 0.6 is 11.3 Å².